The molecule has 1 aliphatic heterocycles. The first-order valence-corrected chi connectivity index (χ1v) is 8.81. The zero-order valence-corrected chi connectivity index (χ0v) is 15.0. The number of para-hydroxylation sites is 1. The van der Waals surface area contributed by atoms with Gasteiger partial charge in [0.2, 0.25) is 5.01 Å². The number of anilines is 1. The minimum atomic E-state index is -0.223. The summed E-state index contributed by atoms with van der Waals surface area (Å²) in [6.45, 7) is 8.59. The van der Waals surface area contributed by atoms with E-state index in [1.165, 1.54) is 11.3 Å². The van der Waals surface area contributed by atoms with Crippen LogP contribution in [-0.4, -0.2) is 45.8 Å². The van der Waals surface area contributed by atoms with E-state index >= 15 is 0 Å². The van der Waals surface area contributed by atoms with Crippen LogP contribution in [0.5, 0.6) is 0 Å². The summed E-state index contributed by atoms with van der Waals surface area (Å²) in [5, 5.41) is 12.3. The Bertz CT molecular complexity index is 702. The Labute approximate surface area is 145 Å². The minimum absolute atomic E-state index is 0.0510. The van der Waals surface area contributed by atoms with Gasteiger partial charge in [0.25, 0.3) is 5.91 Å². The van der Waals surface area contributed by atoms with E-state index in [0.717, 1.165) is 17.2 Å². The van der Waals surface area contributed by atoms with Gasteiger partial charge in [-0.2, -0.15) is 0 Å². The first-order chi connectivity index (χ1) is 11.4. The summed E-state index contributed by atoms with van der Waals surface area (Å²) in [5.41, 5.74) is 0.701. The SMILES string of the molecule is C[C@H]1CN(Cc2nnc(C(=O)Nc3ccccc3)s2)C(C)(C)CO1. The van der Waals surface area contributed by atoms with Crippen molar-refractivity contribution in [3.63, 3.8) is 0 Å². The topological polar surface area (TPSA) is 67.4 Å². The lowest BCUT2D eigenvalue weighted by atomic mass is 10.0. The predicted octanol–water partition coefficient (Wildman–Crippen LogP) is 2.79. The number of benzene rings is 1. The number of rotatable bonds is 4. The molecule has 1 aromatic heterocycles. The summed E-state index contributed by atoms with van der Waals surface area (Å²) in [6, 6.07) is 9.35. The Morgan fingerprint density at radius 1 is 1.38 bits per heavy atom. The van der Waals surface area contributed by atoms with Crippen molar-refractivity contribution in [2.45, 2.75) is 39.0 Å². The quantitative estimate of drug-likeness (QED) is 0.922. The van der Waals surface area contributed by atoms with Gasteiger partial charge >= 0.3 is 0 Å². The van der Waals surface area contributed by atoms with Gasteiger partial charge < -0.3 is 10.1 Å². The van der Waals surface area contributed by atoms with Crippen LogP contribution in [0.4, 0.5) is 5.69 Å². The first kappa shape index (κ1) is 17.0. The third kappa shape index (κ3) is 3.98. The number of ether oxygens (including phenoxy) is 1. The van der Waals surface area contributed by atoms with Crippen molar-refractivity contribution in [3.05, 3.63) is 40.3 Å². The minimum Gasteiger partial charge on any atom is -0.375 e. The van der Waals surface area contributed by atoms with Crippen LogP contribution >= 0.6 is 11.3 Å². The molecule has 3 rings (SSSR count). The summed E-state index contributed by atoms with van der Waals surface area (Å²) in [5.74, 6) is -0.223. The molecule has 6 nitrogen and oxygen atoms in total. The smallest absolute Gasteiger partial charge is 0.286 e. The molecule has 2 aromatic rings. The fourth-order valence-corrected chi connectivity index (χ4v) is 3.36. The molecule has 1 fully saturated rings. The maximum Gasteiger partial charge on any atom is 0.286 e. The number of hydrogen-bond acceptors (Lipinski definition) is 6. The molecule has 24 heavy (non-hydrogen) atoms. The second-order valence-electron chi connectivity index (χ2n) is 6.64. The third-order valence-electron chi connectivity index (χ3n) is 4.07. The molecule has 0 radical (unpaired) electrons. The van der Waals surface area contributed by atoms with Crippen LogP contribution in [0.3, 0.4) is 0 Å². The van der Waals surface area contributed by atoms with Gasteiger partial charge in [-0.15, -0.1) is 10.2 Å². The fraction of sp³-hybridized carbons (Fsp3) is 0.471. The van der Waals surface area contributed by atoms with Crippen molar-refractivity contribution in [1.29, 1.82) is 0 Å². The number of amides is 1. The first-order valence-electron chi connectivity index (χ1n) is 7.99. The molecule has 0 spiro atoms. The molecular weight excluding hydrogens is 324 g/mol. The molecule has 1 N–H and O–H groups in total. The number of morpholine rings is 1. The molecule has 1 aliphatic rings. The highest BCUT2D eigenvalue weighted by molar-refractivity contribution is 7.13. The van der Waals surface area contributed by atoms with Gasteiger partial charge in [0.1, 0.15) is 5.01 Å². The molecule has 0 bridgehead atoms. The zero-order valence-electron chi connectivity index (χ0n) is 14.2. The summed E-state index contributed by atoms with van der Waals surface area (Å²) in [4.78, 5) is 14.6. The third-order valence-corrected chi connectivity index (χ3v) is 4.98. The van der Waals surface area contributed by atoms with E-state index < -0.39 is 0 Å². The van der Waals surface area contributed by atoms with Gasteiger partial charge in [-0.25, -0.2) is 0 Å². The summed E-state index contributed by atoms with van der Waals surface area (Å²) >= 11 is 1.34. The number of nitrogens with zero attached hydrogens (tertiary/aromatic N) is 3. The Hall–Kier alpha value is -1.83. The molecule has 0 saturated carbocycles. The van der Waals surface area contributed by atoms with Crippen LogP contribution in [-0.2, 0) is 11.3 Å². The maximum absolute atomic E-state index is 12.3. The second kappa shape index (κ2) is 6.96. The normalized spacial score (nSPS) is 20.7. The molecule has 7 heteroatoms. The Kier molecular flexibility index (Phi) is 4.93. The predicted molar refractivity (Wildman–Crippen MR) is 94.2 cm³/mol. The van der Waals surface area contributed by atoms with Crippen LogP contribution in [0.1, 0.15) is 35.6 Å². The monoisotopic (exact) mass is 346 g/mol. The summed E-state index contributed by atoms with van der Waals surface area (Å²) in [7, 11) is 0. The molecule has 1 saturated heterocycles. The fourth-order valence-electron chi connectivity index (χ4n) is 2.60. The van der Waals surface area contributed by atoms with Gasteiger partial charge in [0, 0.05) is 17.8 Å². The van der Waals surface area contributed by atoms with Crippen molar-refractivity contribution in [3.8, 4) is 0 Å². The number of carbonyl (C=O) groups is 1. The van der Waals surface area contributed by atoms with Crippen molar-refractivity contribution in [2.24, 2.45) is 0 Å². The highest BCUT2D eigenvalue weighted by Gasteiger charge is 2.34. The zero-order chi connectivity index (χ0) is 17.2. The average Bonchev–Trinajstić information content (AvgIpc) is 3.01. The Morgan fingerprint density at radius 3 is 2.88 bits per heavy atom. The van der Waals surface area contributed by atoms with Crippen LogP contribution in [0.2, 0.25) is 0 Å². The van der Waals surface area contributed by atoms with E-state index in [4.69, 9.17) is 4.74 Å². The van der Waals surface area contributed by atoms with Crippen LogP contribution < -0.4 is 5.32 Å². The molecule has 2 heterocycles. The highest BCUT2D eigenvalue weighted by Crippen LogP contribution is 2.25. The van der Waals surface area contributed by atoms with E-state index in [1.807, 2.05) is 30.3 Å². The average molecular weight is 346 g/mol. The van der Waals surface area contributed by atoms with Crippen molar-refractivity contribution < 1.29 is 9.53 Å². The Morgan fingerprint density at radius 2 is 2.12 bits per heavy atom. The molecule has 1 amide bonds. The lowest BCUT2D eigenvalue weighted by Crippen LogP contribution is -2.54. The molecule has 0 aliphatic carbocycles. The van der Waals surface area contributed by atoms with Crippen molar-refractivity contribution in [1.82, 2.24) is 15.1 Å². The maximum atomic E-state index is 12.3. The number of nitrogens with one attached hydrogen (secondary N) is 1. The molecule has 0 unspecified atom stereocenters. The van der Waals surface area contributed by atoms with E-state index in [0.29, 0.717) is 18.2 Å². The van der Waals surface area contributed by atoms with E-state index in [2.05, 4.69) is 41.2 Å². The highest BCUT2D eigenvalue weighted by atomic mass is 32.1. The lowest BCUT2D eigenvalue weighted by Gasteiger charge is -2.44. The number of hydrogen-bond donors (Lipinski definition) is 1. The van der Waals surface area contributed by atoms with Gasteiger partial charge in [-0.1, -0.05) is 29.5 Å². The van der Waals surface area contributed by atoms with Crippen LogP contribution in [0, 0.1) is 0 Å². The number of aromatic nitrogens is 2. The van der Waals surface area contributed by atoms with Crippen molar-refractivity contribution >= 4 is 22.9 Å². The molecular formula is C17H22N4O2S. The van der Waals surface area contributed by atoms with Gasteiger partial charge in [0.05, 0.1) is 19.3 Å². The van der Waals surface area contributed by atoms with E-state index in [9.17, 15) is 4.79 Å². The number of carbonyl (C=O) groups excluding carboxylic acids is 1. The van der Waals surface area contributed by atoms with Crippen LogP contribution in [0.25, 0.3) is 0 Å². The van der Waals surface area contributed by atoms with Gasteiger partial charge in [-0.05, 0) is 32.9 Å². The van der Waals surface area contributed by atoms with Gasteiger partial charge in [0.15, 0.2) is 0 Å². The lowest BCUT2D eigenvalue weighted by molar-refractivity contribution is -0.0950. The molecule has 1 atom stereocenters. The summed E-state index contributed by atoms with van der Waals surface area (Å²) < 4.78 is 5.73. The standard InChI is InChI=1S/C17H22N4O2S/c1-12-9-21(17(2,3)11-23-12)10-14-19-20-16(24-14)15(22)18-13-7-5-4-6-8-13/h4-8,12H,9-11H2,1-3H3,(H,18,22)/t12-/m0/s1. The molecule has 128 valence electrons. The van der Waals surface area contributed by atoms with Crippen LogP contribution in [0.15, 0.2) is 30.3 Å². The second-order valence-corrected chi connectivity index (χ2v) is 7.70. The summed E-state index contributed by atoms with van der Waals surface area (Å²) in [6.07, 6.45) is 0.201. The van der Waals surface area contributed by atoms with Crippen molar-refractivity contribution in [2.75, 3.05) is 18.5 Å². The van der Waals surface area contributed by atoms with Gasteiger partial charge in [-0.3, -0.25) is 9.69 Å². The molecule has 1 aromatic carbocycles. The van der Waals surface area contributed by atoms with E-state index in [1.54, 1.807) is 0 Å². The van der Waals surface area contributed by atoms with E-state index in [-0.39, 0.29) is 17.6 Å². The Balaban J connectivity index is 1.66. The largest absolute Gasteiger partial charge is 0.375 e.